The molecule has 26 heavy (non-hydrogen) atoms. The molecule has 8 nitrogen and oxygen atoms in total. The summed E-state index contributed by atoms with van der Waals surface area (Å²) in [5, 5.41) is 27.4. The predicted molar refractivity (Wildman–Crippen MR) is 98.0 cm³/mol. The molecule has 1 fully saturated rings. The maximum Gasteiger partial charge on any atom is 0.361 e. The van der Waals surface area contributed by atoms with Crippen LogP contribution in [0.2, 0.25) is 0 Å². The van der Waals surface area contributed by atoms with Gasteiger partial charge in [0.15, 0.2) is 11.8 Å². The van der Waals surface area contributed by atoms with Crippen LogP contribution in [0.15, 0.2) is 70.9 Å². The summed E-state index contributed by atoms with van der Waals surface area (Å²) in [7, 11) is 0. The smallest absolute Gasteiger partial charge is 0.361 e. The highest BCUT2D eigenvalue weighted by Gasteiger charge is 2.42. The molecule has 0 radical (unpaired) electrons. The van der Waals surface area contributed by atoms with Gasteiger partial charge < -0.3 is 14.9 Å². The Bertz CT molecular complexity index is 808. The van der Waals surface area contributed by atoms with E-state index in [1.807, 2.05) is 36.4 Å². The van der Waals surface area contributed by atoms with E-state index >= 15 is 0 Å². The van der Waals surface area contributed by atoms with Crippen molar-refractivity contribution in [3.63, 3.8) is 0 Å². The average molecular weight is 354 g/mol. The van der Waals surface area contributed by atoms with Gasteiger partial charge in [0.25, 0.3) is 0 Å². The van der Waals surface area contributed by atoms with Crippen molar-refractivity contribution < 1.29 is 19.7 Å². The van der Waals surface area contributed by atoms with Gasteiger partial charge in [-0.05, 0) is 24.3 Å². The van der Waals surface area contributed by atoms with E-state index in [1.165, 1.54) is 0 Å². The molecule has 0 bridgehead atoms. The van der Waals surface area contributed by atoms with Crippen LogP contribution in [0.3, 0.4) is 0 Å². The minimum absolute atomic E-state index is 0.0743. The largest absolute Gasteiger partial charge is 0.448 e. The highest BCUT2D eigenvalue weighted by molar-refractivity contribution is 6.69. The molecule has 2 atom stereocenters. The standard InChI is InChI=1S/C18H18N4O4/c23-11-14(24)17-15(21-19-12-7-3-1-4-8-12)16(18(25)26-17)22-20-13-9-5-2-6-10-13/h1-10,14,17,19-20,23-24H,11H2/b21-15+,22-16+/t14-,17+/m1/s1. The molecule has 1 heterocycles. The van der Waals surface area contributed by atoms with Crippen molar-refractivity contribution in [3.05, 3.63) is 60.7 Å². The molecule has 3 rings (SSSR count). The van der Waals surface area contributed by atoms with Gasteiger partial charge in [-0.25, -0.2) is 4.79 Å². The molecule has 8 heteroatoms. The Morgan fingerprint density at radius 2 is 1.50 bits per heavy atom. The third-order valence-electron chi connectivity index (χ3n) is 3.63. The van der Waals surface area contributed by atoms with Crippen molar-refractivity contribution in [1.82, 2.24) is 0 Å². The number of hydrogen-bond acceptors (Lipinski definition) is 8. The summed E-state index contributed by atoms with van der Waals surface area (Å²) in [6, 6.07) is 18.1. The summed E-state index contributed by atoms with van der Waals surface area (Å²) in [4.78, 5) is 12.2. The number of rotatable bonds is 6. The van der Waals surface area contributed by atoms with Crippen LogP contribution in [0.25, 0.3) is 0 Å². The van der Waals surface area contributed by atoms with E-state index in [-0.39, 0.29) is 11.4 Å². The molecule has 0 aliphatic carbocycles. The zero-order valence-electron chi connectivity index (χ0n) is 13.7. The maximum atomic E-state index is 12.2. The van der Waals surface area contributed by atoms with Crippen molar-refractivity contribution in [1.29, 1.82) is 0 Å². The molecule has 4 N–H and O–H groups in total. The summed E-state index contributed by atoms with van der Waals surface area (Å²) in [6.07, 6.45) is -2.42. The number of para-hydroxylation sites is 2. The van der Waals surface area contributed by atoms with Crippen molar-refractivity contribution in [2.75, 3.05) is 17.5 Å². The Kier molecular flexibility index (Phi) is 5.57. The molecule has 0 saturated carbocycles. The lowest BCUT2D eigenvalue weighted by molar-refractivity contribution is -0.140. The number of carbonyl (C=O) groups is 1. The second-order valence-electron chi connectivity index (χ2n) is 5.49. The lowest BCUT2D eigenvalue weighted by Gasteiger charge is -2.14. The van der Waals surface area contributed by atoms with E-state index in [4.69, 9.17) is 4.74 Å². The van der Waals surface area contributed by atoms with Crippen LogP contribution in [-0.2, 0) is 9.53 Å². The van der Waals surface area contributed by atoms with E-state index in [2.05, 4.69) is 21.1 Å². The highest BCUT2D eigenvalue weighted by Crippen LogP contribution is 2.16. The van der Waals surface area contributed by atoms with Gasteiger partial charge in [-0.2, -0.15) is 10.2 Å². The van der Waals surface area contributed by atoms with Crippen molar-refractivity contribution >= 4 is 28.8 Å². The molecular weight excluding hydrogens is 336 g/mol. The zero-order valence-corrected chi connectivity index (χ0v) is 13.7. The number of aliphatic hydroxyl groups excluding tert-OH is 2. The Morgan fingerprint density at radius 1 is 0.962 bits per heavy atom. The summed E-state index contributed by atoms with van der Waals surface area (Å²) >= 11 is 0. The second kappa shape index (κ2) is 8.24. The predicted octanol–water partition coefficient (Wildman–Crippen LogP) is 1.20. The molecule has 0 unspecified atom stereocenters. The minimum Gasteiger partial charge on any atom is -0.448 e. The van der Waals surface area contributed by atoms with Crippen molar-refractivity contribution in [2.45, 2.75) is 12.2 Å². The van der Waals surface area contributed by atoms with Crippen molar-refractivity contribution in [2.24, 2.45) is 10.2 Å². The third-order valence-corrected chi connectivity index (χ3v) is 3.63. The third kappa shape index (κ3) is 4.05. The SMILES string of the molecule is O=C1O[C@@H]([C@H](O)CO)C(=N/Nc2ccccc2)/C1=N\Nc1ccccc1. The normalized spacial score (nSPS) is 20.8. The molecule has 2 aromatic rings. The van der Waals surface area contributed by atoms with E-state index in [0.717, 1.165) is 0 Å². The van der Waals surface area contributed by atoms with Crippen LogP contribution in [0.1, 0.15) is 0 Å². The van der Waals surface area contributed by atoms with Crippen LogP contribution in [0, 0.1) is 0 Å². The van der Waals surface area contributed by atoms with Gasteiger partial charge in [0.2, 0.25) is 0 Å². The first-order valence-corrected chi connectivity index (χ1v) is 7.96. The van der Waals surface area contributed by atoms with Gasteiger partial charge in [-0.1, -0.05) is 36.4 Å². The molecule has 0 aromatic heterocycles. The highest BCUT2D eigenvalue weighted by atomic mass is 16.6. The van der Waals surface area contributed by atoms with Gasteiger partial charge in [0.05, 0.1) is 18.0 Å². The Balaban J connectivity index is 1.88. The Hall–Kier alpha value is -3.23. The fourth-order valence-electron chi connectivity index (χ4n) is 2.31. The molecular formula is C18H18N4O4. The zero-order chi connectivity index (χ0) is 18.4. The topological polar surface area (TPSA) is 116 Å². The molecule has 2 aromatic carbocycles. The Morgan fingerprint density at radius 3 is 2.04 bits per heavy atom. The number of esters is 1. The van der Waals surface area contributed by atoms with Gasteiger partial charge in [0.1, 0.15) is 11.8 Å². The van der Waals surface area contributed by atoms with Crippen LogP contribution in [0.4, 0.5) is 11.4 Å². The fourth-order valence-corrected chi connectivity index (χ4v) is 2.31. The van der Waals surface area contributed by atoms with E-state index in [1.54, 1.807) is 24.3 Å². The van der Waals surface area contributed by atoms with Crippen molar-refractivity contribution in [3.8, 4) is 0 Å². The Labute approximate surface area is 149 Å². The van der Waals surface area contributed by atoms with E-state index in [9.17, 15) is 15.0 Å². The molecule has 0 spiro atoms. The first-order valence-electron chi connectivity index (χ1n) is 7.96. The number of hydrogen-bond donors (Lipinski definition) is 4. The lowest BCUT2D eigenvalue weighted by Crippen LogP contribution is -2.36. The quantitative estimate of drug-likeness (QED) is 0.458. The number of aliphatic hydroxyl groups is 2. The summed E-state index contributed by atoms with van der Waals surface area (Å²) in [5.41, 5.74) is 6.94. The fraction of sp³-hybridized carbons (Fsp3) is 0.167. The maximum absolute atomic E-state index is 12.2. The van der Waals surface area contributed by atoms with Crippen LogP contribution >= 0.6 is 0 Å². The van der Waals surface area contributed by atoms with Gasteiger partial charge in [-0.3, -0.25) is 10.9 Å². The van der Waals surface area contributed by atoms with Crippen LogP contribution < -0.4 is 10.9 Å². The van der Waals surface area contributed by atoms with Gasteiger partial charge in [0, 0.05) is 0 Å². The monoisotopic (exact) mass is 354 g/mol. The number of nitrogens with one attached hydrogen (secondary N) is 2. The van der Waals surface area contributed by atoms with Crippen LogP contribution in [0.5, 0.6) is 0 Å². The molecule has 1 aliphatic heterocycles. The minimum atomic E-state index is -1.31. The average Bonchev–Trinajstić information content (AvgIpc) is 3.01. The number of nitrogens with zero attached hydrogens (tertiary/aromatic N) is 2. The number of anilines is 2. The first-order chi connectivity index (χ1) is 12.7. The van der Waals surface area contributed by atoms with Gasteiger partial charge >= 0.3 is 5.97 Å². The lowest BCUT2D eigenvalue weighted by atomic mass is 10.1. The first kappa shape index (κ1) is 17.6. The van der Waals surface area contributed by atoms with E-state index in [0.29, 0.717) is 11.4 Å². The van der Waals surface area contributed by atoms with E-state index < -0.39 is 24.8 Å². The number of carbonyl (C=O) groups excluding carboxylic acids is 1. The molecule has 0 amide bonds. The molecule has 134 valence electrons. The molecule has 1 saturated heterocycles. The summed E-state index contributed by atoms with van der Waals surface area (Å²) < 4.78 is 5.13. The second-order valence-corrected chi connectivity index (χ2v) is 5.49. The van der Waals surface area contributed by atoms with Gasteiger partial charge in [-0.15, -0.1) is 0 Å². The number of ether oxygens (including phenoxy) is 1. The number of cyclic esters (lactones) is 1. The molecule has 1 aliphatic rings. The summed E-state index contributed by atoms with van der Waals surface area (Å²) in [6.45, 7) is -0.582. The van der Waals surface area contributed by atoms with Crippen LogP contribution in [-0.4, -0.2) is 46.4 Å². The summed E-state index contributed by atoms with van der Waals surface area (Å²) in [5.74, 6) is -0.737. The number of hydrazone groups is 2. The number of benzene rings is 2.